The number of nitrogens with two attached hydrogens (primary N) is 1. The van der Waals surface area contributed by atoms with Gasteiger partial charge in [-0.2, -0.15) is 0 Å². The van der Waals surface area contributed by atoms with Gasteiger partial charge in [0.2, 0.25) is 11.8 Å². The van der Waals surface area contributed by atoms with Crippen LogP contribution in [0.25, 0.3) is 0 Å². The standard InChI is InChI=1S/C14H23N3O2S/c15-12(20)14(7-3-1-2-4-8-14)13(19)16-9-11(18)17-10-5-6-10/h10H,1-9H2,(H2,15,20)(H,16,19)(H,17,18). The fraction of sp³-hybridized carbons (Fsp3) is 0.786. The third kappa shape index (κ3) is 3.69. The van der Waals surface area contributed by atoms with Gasteiger partial charge < -0.3 is 16.4 Å². The molecule has 20 heavy (non-hydrogen) atoms. The van der Waals surface area contributed by atoms with Crippen LogP contribution in [0.1, 0.15) is 51.4 Å². The zero-order valence-electron chi connectivity index (χ0n) is 11.7. The van der Waals surface area contributed by atoms with Crippen molar-refractivity contribution in [3.8, 4) is 0 Å². The van der Waals surface area contributed by atoms with Crippen LogP contribution < -0.4 is 16.4 Å². The summed E-state index contributed by atoms with van der Waals surface area (Å²) < 4.78 is 0. The van der Waals surface area contributed by atoms with E-state index >= 15 is 0 Å². The molecule has 0 aromatic carbocycles. The monoisotopic (exact) mass is 297 g/mol. The van der Waals surface area contributed by atoms with Gasteiger partial charge in [0.15, 0.2) is 0 Å². The molecule has 0 aliphatic heterocycles. The maximum absolute atomic E-state index is 12.5. The molecule has 2 saturated carbocycles. The quantitative estimate of drug-likeness (QED) is 0.522. The first-order chi connectivity index (χ1) is 9.54. The number of carbonyl (C=O) groups is 2. The van der Waals surface area contributed by atoms with Crippen molar-refractivity contribution in [2.24, 2.45) is 11.1 Å². The molecule has 2 aliphatic carbocycles. The van der Waals surface area contributed by atoms with Gasteiger partial charge >= 0.3 is 0 Å². The minimum Gasteiger partial charge on any atom is -0.392 e. The van der Waals surface area contributed by atoms with Crippen LogP contribution in [0.15, 0.2) is 0 Å². The van der Waals surface area contributed by atoms with Gasteiger partial charge in [0.1, 0.15) is 0 Å². The van der Waals surface area contributed by atoms with Gasteiger partial charge in [0.05, 0.1) is 16.9 Å². The Morgan fingerprint density at radius 1 is 1.15 bits per heavy atom. The van der Waals surface area contributed by atoms with E-state index in [-0.39, 0.29) is 23.3 Å². The number of thiocarbonyl (C=S) groups is 1. The lowest BCUT2D eigenvalue weighted by atomic mass is 9.79. The largest absolute Gasteiger partial charge is 0.392 e. The van der Waals surface area contributed by atoms with E-state index in [9.17, 15) is 9.59 Å². The number of hydrogen-bond acceptors (Lipinski definition) is 3. The summed E-state index contributed by atoms with van der Waals surface area (Å²) in [4.78, 5) is 24.4. The first-order valence-corrected chi connectivity index (χ1v) is 7.83. The first kappa shape index (κ1) is 15.2. The van der Waals surface area contributed by atoms with Crippen LogP contribution in [-0.2, 0) is 9.59 Å². The van der Waals surface area contributed by atoms with Crippen molar-refractivity contribution in [2.75, 3.05) is 6.54 Å². The van der Waals surface area contributed by atoms with Gasteiger partial charge in [0.25, 0.3) is 0 Å². The number of nitrogens with one attached hydrogen (secondary N) is 2. The molecule has 0 bridgehead atoms. The van der Waals surface area contributed by atoms with Gasteiger partial charge in [-0.15, -0.1) is 0 Å². The van der Waals surface area contributed by atoms with Gasteiger partial charge in [-0.05, 0) is 25.7 Å². The smallest absolute Gasteiger partial charge is 0.239 e. The normalized spacial score (nSPS) is 21.6. The Bertz CT molecular complexity index is 399. The Morgan fingerprint density at radius 3 is 2.25 bits per heavy atom. The van der Waals surface area contributed by atoms with Crippen LogP contribution in [0.4, 0.5) is 0 Å². The number of amides is 2. The zero-order valence-corrected chi connectivity index (χ0v) is 12.6. The lowest BCUT2D eigenvalue weighted by Crippen LogP contribution is -2.50. The molecule has 2 aliphatic rings. The summed E-state index contributed by atoms with van der Waals surface area (Å²) in [6.45, 7) is 0.0136. The molecule has 0 atom stereocenters. The maximum Gasteiger partial charge on any atom is 0.239 e. The summed E-state index contributed by atoms with van der Waals surface area (Å²) in [5, 5.41) is 5.57. The Hall–Kier alpha value is -1.17. The fourth-order valence-corrected chi connectivity index (χ4v) is 3.05. The van der Waals surface area contributed by atoms with E-state index < -0.39 is 5.41 Å². The molecule has 0 aromatic rings. The number of hydrogen-bond donors (Lipinski definition) is 3. The second kappa shape index (κ2) is 6.52. The summed E-state index contributed by atoms with van der Waals surface area (Å²) >= 11 is 5.14. The van der Waals surface area contributed by atoms with Crippen LogP contribution in [-0.4, -0.2) is 29.4 Å². The summed E-state index contributed by atoms with van der Waals surface area (Å²) in [6, 6.07) is 0.307. The number of carbonyl (C=O) groups excluding carboxylic acids is 2. The topological polar surface area (TPSA) is 84.2 Å². The van der Waals surface area contributed by atoms with Crippen molar-refractivity contribution in [1.29, 1.82) is 0 Å². The highest BCUT2D eigenvalue weighted by atomic mass is 32.1. The van der Waals surface area contributed by atoms with Crippen LogP contribution in [0, 0.1) is 5.41 Å². The van der Waals surface area contributed by atoms with E-state index in [0.29, 0.717) is 18.9 Å². The molecule has 2 rings (SSSR count). The lowest BCUT2D eigenvalue weighted by molar-refractivity contribution is -0.131. The highest BCUT2D eigenvalue weighted by Gasteiger charge is 2.41. The third-order valence-electron chi connectivity index (χ3n) is 4.22. The van der Waals surface area contributed by atoms with Crippen LogP contribution in [0.2, 0.25) is 0 Å². The van der Waals surface area contributed by atoms with Crippen molar-refractivity contribution >= 4 is 29.0 Å². The molecule has 0 heterocycles. The van der Waals surface area contributed by atoms with Crippen LogP contribution in [0.3, 0.4) is 0 Å². The molecular formula is C14H23N3O2S. The van der Waals surface area contributed by atoms with E-state index in [0.717, 1.165) is 38.5 Å². The molecular weight excluding hydrogens is 274 g/mol. The van der Waals surface area contributed by atoms with Crippen LogP contribution >= 0.6 is 12.2 Å². The second-order valence-electron chi connectivity index (χ2n) is 5.89. The summed E-state index contributed by atoms with van der Waals surface area (Å²) in [7, 11) is 0. The Labute approximate surface area is 125 Å². The van der Waals surface area contributed by atoms with E-state index in [1.807, 2.05) is 0 Å². The Kier molecular flexibility index (Phi) is 4.96. The zero-order chi connectivity index (χ0) is 14.6. The molecule has 0 spiro atoms. The molecule has 0 saturated heterocycles. The number of rotatable bonds is 5. The fourth-order valence-electron chi connectivity index (χ4n) is 2.75. The van der Waals surface area contributed by atoms with Crippen molar-refractivity contribution in [2.45, 2.75) is 57.4 Å². The molecule has 2 amide bonds. The predicted octanol–water partition coefficient (Wildman–Crippen LogP) is 1.01. The molecule has 5 nitrogen and oxygen atoms in total. The molecule has 112 valence electrons. The van der Waals surface area contributed by atoms with Gasteiger partial charge in [-0.1, -0.05) is 37.9 Å². The van der Waals surface area contributed by atoms with Crippen LogP contribution in [0.5, 0.6) is 0 Å². The predicted molar refractivity (Wildman–Crippen MR) is 81.1 cm³/mol. The minimum atomic E-state index is -0.758. The summed E-state index contributed by atoms with van der Waals surface area (Å²) in [5.41, 5.74) is 5.08. The molecule has 0 unspecified atom stereocenters. The average molecular weight is 297 g/mol. The highest BCUT2D eigenvalue weighted by Crippen LogP contribution is 2.35. The summed E-state index contributed by atoms with van der Waals surface area (Å²) in [5.74, 6) is -0.314. The van der Waals surface area contributed by atoms with Gasteiger partial charge in [-0.3, -0.25) is 9.59 Å². The average Bonchev–Trinajstić information content (AvgIpc) is 3.21. The molecule has 6 heteroatoms. The Balaban J connectivity index is 1.91. The van der Waals surface area contributed by atoms with E-state index in [4.69, 9.17) is 18.0 Å². The van der Waals surface area contributed by atoms with Crippen molar-refractivity contribution in [3.05, 3.63) is 0 Å². The van der Waals surface area contributed by atoms with E-state index in [1.165, 1.54) is 0 Å². The second-order valence-corrected chi connectivity index (χ2v) is 6.32. The van der Waals surface area contributed by atoms with E-state index in [1.54, 1.807) is 0 Å². The molecule has 0 radical (unpaired) electrons. The van der Waals surface area contributed by atoms with Gasteiger partial charge in [0, 0.05) is 6.04 Å². The SMILES string of the molecule is NC(=S)C1(C(=O)NCC(=O)NC2CC2)CCCCCC1. The Morgan fingerprint density at radius 2 is 1.75 bits per heavy atom. The van der Waals surface area contributed by atoms with Crippen molar-refractivity contribution in [3.63, 3.8) is 0 Å². The minimum absolute atomic E-state index is 0.0136. The highest BCUT2D eigenvalue weighted by molar-refractivity contribution is 7.80. The van der Waals surface area contributed by atoms with Crippen molar-refractivity contribution in [1.82, 2.24) is 10.6 Å². The molecule has 0 aromatic heterocycles. The van der Waals surface area contributed by atoms with Gasteiger partial charge in [-0.25, -0.2) is 0 Å². The van der Waals surface area contributed by atoms with E-state index in [2.05, 4.69) is 10.6 Å². The summed E-state index contributed by atoms with van der Waals surface area (Å²) in [6.07, 6.45) is 7.60. The first-order valence-electron chi connectivity index (χ1n) is 7.42. The molecule has 4 N–H and O–H groups in total. The third-order valence-corrected chi connectivity index (χ3v) is 4.61. The lowest BCUT2D eigenvalue weighted by Gasteiger charge is -2.30. The maximum atomic E-state index is 12.5. The van der Waals surface area contributed by atoms with Crippen molar-refractivity contribution < 1.29 is 9.59 Å². The molecule has 2 fully saturated rings.